The molecule has 0 atom stereocenters. The molecule has 2 aromatic rings. The predicted octanol–water partition coefficient (Wildman–Crippen LogP) is 3.72. The first-order valence-corrected chi connectivity index (χ1v) is 5.72. The summed E-state index contributed by atoms with van der Waals surface area (Å²) in [6.45, 7) is 1.53. The third-order valence-electron chi connectivity index (χ3n) is 1.89. The van der Waals surface area contributed by atoms with Gasteiger partial charge in [-0.25, -0.2) is 9.78 Å². The molecule has 7 heteroatoms. The van der Waals surface area contributed by atoms with Crippen molar-refractivity contribution in [3.05, 3.63) is 26.2 Å². The number of oxazole rings is 1. The molecule has 0 saturated heterocycles. The topological polar surface area (TPSA) is 63.3 Å². The maximum absolute atomic E-state index is 10.8. The number of halogens is 2. The predicted molar refractivity (Wildman–Crippen MR) is 61.5 cm³/mol. The molecule has 0 aromatic carbocycles. The second kappa shape index (κ2) is 4.08. The molecule has 0 saturated carbocycles. The Morgan fingerprint density at radius 3 is 2.69 bits per heavy atom. The first-order valence-electron chi connectivity index (χ1n) is 4.15. The minimum atomic E-state index is -1.13. The summed E-state index contributed by atoms with van der Waals surface area (Å²) in [5.41, 5.74) is 0.389. The van der Waals surface area contributed by atoms with Gasteiger partial charge in [0.1, 0.15) is 10.1 Å². The van der Waals surface area contributed by atoms with E-state index in [0.29, 0.717) is 14.2 Å². The smallest absolute Gasteiger partial charge is 0.358 e. The van der Waals surface area contributed by atoms with E-state index in [4.69, 9.17) is 32.7 Å². The number of carboxylic acid groups (broad SMARTS) is 1. The highest BCUT2D eigenvalue weighted by Crippen LogP contribution is 2.38. The Hall–Kier alpha value is -1.04. The van der Waals surface area contributed by atoms with Crippen molar-refractivity contribution >= 4 is 40.5 Å². The second-order valence-electron chi connectivity index (χ2n) is 2.97. The molecule has 0 aliphatic heterocycles. The van der Waals surface area contributed by atoms with Gasteiger partial charge in [0.2, 0.25) is 5.89 Å². The first kappa shape index (κ1) is 11.4. The number of thiophene rings is 1. The SMILES string of the molecule is Cc1oc(-c2cc(Cl)sc2Cl)nc1C(=O)O. The van der Waals surface area contributed by atoms with E-state index in [1.54, 1.807) is 6.07 Å². The van der Waals surface area contributed by atoms with E-state index in [1.165, 1.54) is 18.3 Å². The number of nitrogens with zero attached hydrogens (tertiary/aromatic N) is 1. The van der Waals surface area contributed by atoms with E-state index in [0.717, 1.165) is 0 Å². The molecule has 0 aliphatic rings. The van der Waals surface area contributed by atoms with Gasteiger partial charge in [-0.2, -0.15) is 0 Å². The van der Waals surface area contributed by atoms with E-state index in [2.05, 4.69) is 4.98 Å². The Kier molecular flexibility index (Phi) is 2.92. The maximum atomic E-state index is 10.8. The highest BCUT2D eigenvalue weighted by molar-refractivity contribution is 7.20. The average Bonchev–Trinajstić information content (AvgIpc) is 2.69. The zero-order valence-corrected chi connectivity index (χ0v) is 10.3. The summed E-state index contributed by atoms with van der Waals surface area (Å²) in [5, 5.41) is 8.82. The fourth-order valence-corrected chi connectivity index (χ4v) is 2.64. The van der Waals surface area contributed by atoms with Gasteiger partial charge in [-0.1, -0.05) is 23.2 Å². The van der Waals surface area contributed by atoms with Gasteiger partial charge in [-0.3, -0.25) is 0 Å². The van der Waals surface area contributed by atoms with Crippen molar-refractivity contribution in [3.63, 3.8) is 0 Å². The van der Waals surface area contributed by atoms with Crippen LogP contribution < -0.4 is 0 Å². The quantitative estimate of drug-likeness (QED) is 0.909. The van der Waals surface area contributed by atoms with Crippen LogP contribution in [0.25, 0.3) is 11.5 Å². The zero-order chi connectivity index (χ0) is 11.9. The van der Waals surface area contributed by atoms with E-state index in [1.807, 2.05) is 0 Å². The van der Waals surface area contributed by atoms with E-state index < -0.39 is 5.97 Å². The highest BCUT2D eigenvalue weighted by Gasteiger charge is 2.19. The summed E-state index contributed by atoms with van der Waals surface area (Å²) in [6.07, 6.45) is 0. The average molecular weight is 278 g/mol. The van der Waals surface area contributed by atoms with Crippen LogP contribution in [0.5, 0.6) is 0 Å². The number of carboxylic acids is 1. The molecule has 0 aliphatic carbocycles. The monoisotopic (exact) mass is 277 g/mol. The fraction of sp³-hybridized carbons (Fsp3) is 0.111. The standard InChI is InChI=1S/C9H5Cl2NO3S/c1-3-6(9(13)14)12-8(15-3)4-2-5(10)16-7(4)11/h2H,1H3,(H,13,14). The summed E-state index contributed by atoms with van der Waals surface area (Å²) in [6, 6.07) is 1.59. The Morgan fingerprint density at radius 2 is 2.25 bits per heavy atom. The van der Waals surface area contributed by atoms with Gasteiger partial charge in [0.25, 0.3) is 0 Å². The molecule has 1 N–H and O–H groups in total. The Labute approximate surface area is 104 Å². The third-order valence-corrected chi connectivity index (χ3v) is 3.37. The van der Waals surface area contributed by atoms with Crippen LogP contribution in [-0.4, -0.2) is 16.1 Å². The molecule has 2 aromatic heterocycles. The van der Waals surface area contributed by atoms with Gasteiger partial charge < -0.3 is 9.52 Å². The molecule has 0 fully saturated rings. The van der Waals surface area contributed by atoms with Gasteiger partial charge >= 0.3 is 5.97 Å². The molecule has 16 heavy (non-hydrogen) atoms. The largest absolute Gasteiger partial charge is 0.476 e. The lowest BCUT2D eigenvalue weighted by Crippen LogP contribution is -1.98. The van der Waals surface area contributed by atoms with Gasteiger partial charge in [-0.15, -0.1) is 11.3 Å². The number of hydrogen-bond donors (Lipinski definition) is 1. The molecule has 0 amide bonds. The lowest BCUT2D eigenvalue weighted by Gasteiger charge is -1.88. The summed E-state index contributed by atoms with van der Waals surface area (Å²) in [4.78, 5) is 14.6. The molecule has 2 rings (SSSR count). The molecular weight excluding hydrogens is 273 g/mol. The molecule has 0 spiro atoms. The summed E-state index contributed by atoms with van der Waals surface area (Å²) in [7, 11) is 0. The molecule has 2 heterocycles. The van der Waals surface area contributed by atoms with Crippen molar-refractivity contribution in [1.82, 2.24) is 4.98 Å². The zero-order valence-electron chi connectivity index (χ0n) is 7.95. The van der Waals surface area contributed by atoms with E-state index in [-0.39, 0.29) is 17.3 Å². The summed E-state index contributed by atoms with van der Waals surface area (Å²) in [5.74, 6) is -0.728. The van der Waals surface area contributed by atoms with Crippen molar-refractivity contribution in [1.29, 1.82) is 0 Å². The number of hydrogen-bond acceptors (Lipinski definition) is 4. The van der Waals surface area contributed by atoms with E-state index >= 15 is 0 Å². The number of aromatic carboxylic acids is 1. The number of aryl methyl sites for hydroxylation is 1. The Bertz CT molecular complexity index is 561. The lowest BCUT2D eigenvalue weighted by molar-refractivity contribution is 0.0689. The van der Waals surface area contributed by atoms with Crippen molar-refractivity contribution < 1.29 is 14.3 Å². The first-order chi connectivity index (χ1) is 7.49. The van der Waals surface area contributed by atoms with Gasteiger partial charge in [0, 0.05) is 0 Å². The molecule has 84 valence electrons. The van der Waals surface area contributed by atoms with Crippen LogP contribution in [-0.2, 0) is 0 Å². The molecule has 0 radical (unpaired) electrons. The van der Waals surface area contributed by atoms with Crippen molar-refractivity contribution in [2.24, 2.45) is 0 Å². The molecule has 0 bridgehead atoms. The summed E-state index contributed by atoms with van der Waals surface area (Å²) < 4.78 is 6.14. The van der Waals surface area contributed by atoms with Gasteiger partial charge in [0.15, 0.2) is 5.69 Å². The van der Waals surface area contributed by atoms with Crippen LogP contribution in [0.15, 0.2) is 10.5 Å². The minimum absolute atomic E-state index is 0.117. The number of aromatic nitrogens is 1. The normalized spacial score (nSPS) is 10.7. The lowest BCUT2D eigenvalue weighted by atomic mass is 10.3. The second-order valence-corrected chi connectivity index (χ2v) is 5.25. The van der Waals surface area contributed by atoms with Crippen LogP contribution in [0.3, 0.4) is 0 Å². The van der Waals surface area contributed by atoms with Crippen LogP contribution in [0, 0.1) is 6.92 Å². The molecule has 0 unspecified atom stereocenters. The van der Waals surface area contributed by atoms with Gasteiger partial charge in [-0.05, 0) is 13.0 Å². The van der Waals surface area contributed by atoms with Crippen LogP contribution >= 0.6 is 34.5 Å². The van der Waals surface area contributed by atoms with Crippen LogP contribution in [0.4, 0.5) is 0 Å². The number of rotatable bonds is 2. The Morgan fingerprint density at radius 1 is 1.56 bits per heavy atom. The third kappa shape index (κ3) is 1.93. The highest BCUT2D eigenvalue weighted by atomic mass is 35.5. The van der Waals surface area contributed by atoms with Crippen LogP contribution in [0.1, 0.15) is 16.2 Å². The molecule has 4 nitrogen and oxygen atoms in total. The summed E-state index contributed by atoms with van der Waals surface area (Å²) >= 11 is 12.9. The van der Waals surface area contributed by atoms with Crippen molar-refractivity contribution in [2.75, 3.05) is 0 Å². The van der Waals surface area contributed by atoms with Crippen molar-refractivity contribution in [3.8, 4) is 11.5 Å². The van der Waals surface area contributed by atoms with Crippen LogP contribution in [0.2, 0.25) is 8.67 Å². The Balaban J connectivity index is 2.53. The molecular formula is C9H5Cl2NO3S. The fourth-order valence-electron chi connectivity index (χ4n) is 1.20. The number of carbonyl (C=O) groups is 1. The maximum Gasteiger partial charge on any atom is 0.358 e. The minimum Gasteiger partial charge on any atom is -0.476 e. The van der Waals surface area contributed by atoms with Crippen molar-refractivity contribution in [2.45, 2.75) is 6.92 Å². The van der Waals surface area contributed by atoms with Gasteiger partial charge in [0.05, 0.1) is 9.90 Å². The van der Waals surface area contributed by atoms with E-state index in [9.17, 15) is 4.79 Å².